The summed E-state index contributed by atoms with van der Waals surface area (Å²) < 4.78 is 5.13. The van der Waals surface area contributed by atoms with E-state index in [0.29, 0.717) is 11.6 Å². The van der Waals surface area contributed by atoms with Crippen molar-refractivity contribution >= 4 is 17.5 Å². The monoisotopic (exact) mass is 335 g/mol. The number of nitrogens with zero attached hydrogens (tertiary/aromatic N) is 4. The molecule has 1 aromatic carbocycles. The quantitative estimate of drug-likeness (QED) is 0.772. The van der Waals surface area contributed by atoms with Crippen LogP contribution in [-0.2, 0) is 0 Å². The predicted molar refractivity (Wildman–Crippen MR) is 98.1 cm³/mol. The zero-order chi connectivity index (χ0) is 17.1. The lowest BCUT2D eigenvalue weighted by molar-refractivity contribution is 0.400. The average Bonchev–Trinajstić information content (AvgIpc) is 3.07. The minimum absolute atomic E-state index is 0.653. The Morgan fingerprint density at radius 1 is 0.960 bits per heavy atom. The number of benzene rings is 1. The van der Waals surface area contributed by atoms with Gasteiger partial charge in [-0.05, 0) is 26.2 Å². The van der Waals surface area contributed by atoms with Crippen LogP contribution < -0.4 is 10.2 Å². The van der Waals surface area contributed by atoms with Gasteiger partial charge in [0.25, 0.3) is 0 Å². The van der Waals surface area contributed by atoms with Crippen molar-refractivity contribution in [3.8, 4) is 11.4 Å². The molecular weight excluding hydrogens is 314 g/mol. The molecule has 0 spiro atoms. The highest BCUT2D eigenvalue weighted by Gasteiger charge is 2.16. The fourth-order valence-corrected chi connectivity index (χ4v) is 3.06. The minimum atomic E-state index is 0.653. The van der Waals surface area contributed by atoms with Crippen LogP contribution >= 0.6 is 0 Å². The second kappa shape index (κ2) is 6.93. The number of hydrogen-bond donors (Lipinski definition) is 1. The van der Waals surface area contributed by atoms with Crippen molar-refractivity contribution < 1.29 is 4.52 Å². The molecule has 4 rings (SSSR count). The second-order valence-electron chi connectivity index (χ2n) is 6.30. The first kappa shape index (κ1) is 15.6. The van der Waals surface area contributed by atoms with E-state index in [4.69, 9.17) is 9.51 Å². The summed E-state index contributed by atoms with van der Waals surface area (Å²) in [7, 11) is 0. The molecule has 6 nitrogen and oxygen atoms in total. The molecule has 0 unspecified atom stereocenters. The summed E-state index contributed by atoms with van der Waals surface area (Å²) in [4.78, 5) is 11.8. The topological polar surface area (TPSA) is 67.1 Å². The normalized spacial score (nSPS) is 14.5. The number of rotatable bonds is 4. The highest BCUT2D eigenvalue weighted by molar-refractivity contribution is 5.64. The van der Waals surface area contributed by atoms with E-state index in [1.807, 2.05) is 49.4 Å². The maximum atomic E-state index is 5.13. The second-order valence-corrected chi connectivity index (χ2v) is 6.30. The zero-order valence-corrected chi connectivity index (χ0v) is 14.3. The van der Waals surface area contributed by atoms with Crippen molar-refractivity contribution in [2.45, 2.75) is 26.2 Å². The lowest BCUT2D eigenvalue weighted by Crippen LogP contribution is -2.30. The molecule has 0 radical (unpaired) electrons. The van der Waals surface area contributed by atoms with E-state index < -0.39 is 0 Å². The number of piperidine rings is 1. The standard InChI is InChI=1S/C19H21N5O/c1-14-12-17(23-25-14)20-16-13-18(24-10-6-3-7-11-24)22-19(21-16)15-8-4-2-5-9-15/h2,4-5,8-9,12-13H,3,6-7,10-11H2,1H3,(H,20,21,22,23). The van der Waals surface area contributed by atoms with Crippen molar-refractivity contribution in [3.63, 3.8) is 0 Å². The Morgan fingerprint density at radius 2 is 1.76 bits per heavy atom. The van der Waals surface area contributed by atoms with Gasteiger partial charge in [-0.3, -0.25) is 0 Å². The molecule has 1 fully saturated rings. The molecule has 3 heterocycles. The molecule has 1 aliphatic rings. The minimum Gasteiger partial charge on any atom is -0.360 e. The fourth-order valence-electron chi connectivity index (χ4n) is 3.06. The van der Waals surface area contributed by atoms with E-state index in [-0.39, 0.29) is 0 Å². The Bertz CT molecular complexity index is 840. The van der Waals surface area contributed by atoms with Gasteiger partial charge >= 0.3 is 0 Å². The van der Waals surface area contributed by atoms with Crippen molar-refractivity contribution in [2.24, 2.45) is 0 Å². The molecule has 0 atom stereocenters. The molecule has 0 amide bonds. The largest absolute Gasteiger partial charge is 0.360 e. The number of nitrogens with one attached hydrogen (secondary N) is 1. The molecule has 2 aromatic heterocycles. The van der Waals surface area contributed by atoms with Gasteiger partial charge in [-0.25, -0.2) is 9.97 Å². The van der Waals surface area contributed by atoms with Gasteiger partial charge in [-0.15, -0.1) is 0 Å². The van der Waals surface area contributed by atoms with Crippen molar-refractivity contribution in [2.75, 3.05) is 23.3 Å². The van der Waals surface area contributed by atoms with Crippen LogP contribution in [0.1, 0.15) is 25.0 Å². The number of aryl methyl sites for hydroxylation is 1. The predicted octanol–water partition coefficient (Wildman–Crippen LogP) is 4.17. The van der Waals surface area contributed by atoms with Gasteiger partial charge in [0, 0.05) is 30.8 Å². The third kappa shape index (κ3) is 3.63. The zero-order valence-electron chi connectivity index (χ0n) is 14.3. The summed E-state index contributed by atoms with van der Waals surface area (Å²) in [5.41, 5.74) is 1.00. The summed E-state index contributed by atoms with van der Waals surface area (Å²) in [6.45, 7) is 3.94. The van der Waals surface area contributed by atoms with Crippen LogP contribution in [0.15, 0.2) is 47.0 Å². The van der Waals surface area contributed by atoms with Crippen LogP contribution in [0.2, 0.25) is 0 Å². The highest BCUT2D eigenvalue weighted by atomic mass is 16.5. The molecule has 6 heteroatoms. The van der Waals surface area contributed by atoms with Gasteiger partial charge in [0.2, 0.25) is 0 Å². The van der Waals surface area contributed by atoms with E-state index in [1.165, 1.54) is 19.3 Å². The summed E-state index contributed by atoms with van der Waals surface area (Å²) in [5.74, 6) is 3.81. The SMILES string of the molecule is Cc1cc(Nc2cc(N3CCCCC3)nc(-c3ccccc3)n2)no1. The summed E-state index contributed by atoms with van der Waals surface area (Å²) >= 11 is 0. The molecule has 3 aromatic rings. The van der Waals surface area contributed by atoms with E-state index >= 15 is 0 Å². The number of anilines is 3. The Hall–Kier alpha value is -2.89. The summed E-state index contributed by atoms with van der Waals surface area (Å²) in [5, 5.41) is 7.23. The third-order valence-electron chi connectivity index (χ3n) is 4.31. The Balaban J connectivity index is 1.71. The Morgan fingerprint density at radius 3 is 2.48 bits per heavy atom. The highest BCUT2D eigenvalue weighted by Crippen LogP contribution is 2.26. The van der Waals surface area contributed by atoms with E-state index in [1.54, 1.807) is 0 Å². The lowest BCUT2D eigenvalue weighted by atomic mass is 10.1. The molecule has 1 N–H and O–H groups in total. The first-order valence-electron chi connectivity index (χ1n) is 8.68. The maximum absolute atomic E-state index is 5.13. The van der Waals surface area contributed by atoms with E-state index in [2.05, 4.69) is 20.4 Å². The fraction of sp³-hybridized carbons (Fsp3) is 0.316. The van der Waals surface area contributed by atoms with Crippen molar-refractivity contribution in [1.82, 2.24) is 15.1 Å². The molecule has 0 bridgehead atoms. The molecule has 1 aliphatic heterocycles. The van der Waals surface area contributed by atoms with Crippen LogP contribution in [0.4, 0.5) is 17.5 Å². The van der Waals surface area contributed by atoms with Crippen molar-refractivity contribution in [1.29, 1.82) is 0 Å². The molecule has 0 saturated carbocycles. The molecule has 0 aliphatic carbocycles. The number of aromatic nitrogens is 3. The smallest absolute Gasteiger partial charge is 0.175 e. The van der Waals surface area contributed by atoms with Gasteiger partial charge in [0.15, 0.2) is 11.6 Å². The number of hydrogen-bond acceptors (Lipinski definition) is 6. The Kier molecular flexibility index (Phi) is 4.33. The molecule has 1 saturated heterocycles. The summed E-state index contributed by atoms with van der Waals surface area (Å²) in [6.07, 6.45) is 3.70. The Labute approximate surface area is 146 Å². The average molecular weight is 335 g/mol. The van der Waals surface area contributed by atoms with E-state index in [9.17, 15) is 0 Å². The van der Waals surface area contributed by atoms with Crippen LogP contribution in [0.5, 0.6) is 0 Å². The van der Waals surface area contributed by atoms with Crippen LogP contribution in [-0.4, -0.2) is 28.2 Å². The molecule has 25 heavy (non-hydrogen) atoms. The lowest BCUT2D eigenvalue weighted by Gasteiger charge is -2.28. The van der Waals surface area contributed by atoms with Crippen molar-refractivity contribution in [3.05, 3.63) is 48.2 Å². The maximum Gasteiger partial charge on any atom is 0.175 e. The van der Waals surface area contributed by atoms with Crippen LogP contribution in [0.25, 0.3) is 11.4 Å². The summed E-state index contributed by atoms with van der Waals surface area (Å²) in [6, 6.07) is 13.9. The van der Waals surface area contributed by atoms with Gasteiger partial charge in [0.1, 0.15) is 17.4 Å². The van der Waals surface area contributed by atoms with Gasteiger partial charge in [0.05, 0.1) is 0 Å². The van der Waals surface area contributed by atoms with Gasteiger partial charge in [-0.1, -0.05) is 35.5 Å². The first-order chi connectivity index (χ1) is 12.3. The molecule has 128 valence electrons. The van der Waals surface area contributed by atoms with Gasteiger partial charge < -0.3 is 14.7 Å². The van der Waals surface area contributed by atoms with E-state index in [0.717, 1.165) is 36.0 Å². The first-order valence-corrected chi connectivity index (χ1v) is 8.68. The van der Waals surface area contributed by atoms with Crippen LogP contribution in [0, 0.1) is 6.92 Å². The van der Waals surface area contributed by atoms with Gasteiger partial charge in [-0.2, -0.15) is 0 Å². The molecular formula is C19H21N5O. The van der Waals surface area contributed by atoms with Crippen LogP contribution in [0.3, 0.4) is 0 Å². The third-order valence-corrected chi connectivity index (χ3v) is 4.31.